The van der Waals surface area contributed by atoms with E-state index in [4.69, 9.17) is 5.11 Å². The van der Waals surface area contributed by atoms with Gasteiger partial charge in [-0.05, 0) is 11.8 Å². The zero-order valence-corrected chi connectivity index (χ0v) is 11.4. The van der Waals surface area contributed by atoms with E-state index >= 15 is 0 Å². The fourth-order valence-corrected chi connectivity index (χ4v) is 2.04. The van der Waals surface area contributed by atoms with E-state index in [0.29, 0.717) is 11.0 Å². The molecule has 0 radical (unpaired) electrons. The van der Waals surface area contributed by atoms with Crippen molar-refractivity contribution in [3.8, 4) is 0 Å². The van der Waals surface area contributed by atoms with Crippen molar-refractivity contribution < 1.29 is 9.90 Å². The van der Waals surface area contributed by atoms with Crippen molar-refractivity contribution in [1.82, 2.24) is 9.36 Å². The Hall–Kier alpha value is -1.17. The summed E-state index contributed by atoms with van der Waals surface area (Å²) in [6, 6.07) is -0.616. The Labute approximate surface area is 105 Å². The first-order valence-electron chi connectivity index (χ1n) is 5.72. The quantitative estimate of drug-likeness (QED) is 0.817. The molecule has 0 amide bonds. The molecule has 0 saturated carbocycles. The van der Waals surface area contributed by atoms with Crippen molar-refractivity contribution in [2.75, 3.05) is 5.32 Å². The summed E-state index contributed by atoms with van der Waals surface area (Å²) in [6.45, 7) is 7.92. The molecule has 6 heteroatoms. The van der Waals surface area contributed by atoms with Crippen LogP contribution in [0, 0.1) is 11.8 Å². The van der Waals surface area contributed by atoms with Crippen molar-refractivity contribution in [1.29, 1.82) is 0 Å². The normalized spacial score (nSPS) is 13.1. The maximum atomic E-state index is 11.0. The molecule has 17 heavy (non-hydrogen) atoms. The Balaban J connectivity index is 2.67. The minimum atomic E-state index is -0.861. The van der Waals surface area contributed by atoms with Gasteiger partial charge in [0.25, 0.3) is 0 Å². The summed E-state index contributed by atoms with van der Waals surface area (Å²) in [7, 11) is 0. The minimum Gasteiger partial charge on any atom is -0.480 e. The highest BCUT2D eigenvalue weighted by atomic mass is 32.1. The number of carboxylic acid groups (broad SMARTS) is 1. The van der Waals surface area contributed by atoms with Crippen LogP contribution in [0.15, 0.2) is 0 Å². The standard InChI is InChI=1S/C11H19N3O2S/c1-6(2)5-8-12-11(17-14-8)13-9(7(3)4)10(15)16/h6-7,9H,5H2,1-4H3,(H,15,16)(H,12,13,14)/t9-/m1/s1. The summed E-state index contributed by atoms with van der Waals surface area (Å²) in [5.74, 6) is 0.420. The lowest BCUT2D eigenvalue weighted by Gasteiger charge is -2.16. The topological polar surface area (TPSA) is 75.1 Å². The van der Waals surface area contributed by atoms with Gasteiger partial charge < -0.3 is 10.4 Å². The van der Waals surface area contributed by atoms with Gasteiger partial charge in [0, 0.05) is 18.0 Å². The lowest BCUT2D eigenvalue weighted by molar-refractivity contribution is -0.138. The van der Waals surface area contributed by atoms with E-state index in [1.165, 1.54) is 11.5 Å². The number of anilines is 1. The average molecular weight is 257 g/mol. The highest BCUT2D eigenvalue weighted by Gasteiger charge is 2.22. The number of aliphatic carboxylic acids is 1. The Kier molecular flexibility index (Phi) is 4.86. The number of rotatable bonds is 6. The third kappa shape index (κ3) is 4.30. The highest BCUT2D eigenvalue weighted by molar-refractivity contribution is 7.09. The van der Waals surface area contributed by atoms with Crippen molar-refractivity contribution in [3.63, 3.8) is 0 Å². The number of nitrogens with zero attached hydrogens (tertiary/aromatic N) is 2. The van der Waals surface area contributed by atoms with Crippen LogP contribution in [0.2, 0.25) is 0 Å². The molecule has 0 aliphatic carbocycles. The molecular weight excluding hydrogens is 238 g/mol. The summed E-state index contributed by atoms with van der Waals surface area (Å²) in [4.78, 5) is 15.3. The van der Waals surface area contributed by atoms with Crippen LogP contribution in [0.1, 0.15) is 33.5 Å². The van der Waals surface area contributed by atoms with E-state index in [1.54, 1.807) is 0 Å². The molecule has 1 heterocycles. The van der Waals surface area contributed by atoms with Crippen LogP contribution in [-0.4, -0.2) is 26.5 Å². The molecule has 0 saturated heterocycles. The molecule has 0 aromatic carbocycles. The highest BCUT2D eigenvalue weighted by Crippen LogP contribution is 2.17. The van der Waals surface area contributed by atoms with Crippen LogP contribution in [-0.2, 0) is 11.2 Å². The van der Waals surface area contributed by atoms with Crippen molar-refractivity contribution in [3.05, 3.63) is 5.82 Å². The first-order chi connectivity index (χ1) is 7.90. The minimum absolute atomic E-state index is 0.00458. The number of hydrogen-bond acceptors (Lipinski definition) is 5. The predicted molar refractivity (Wildman–Crippen MR) is 68.3 cm³/mol. The molecule has 5 nitrogen and oxygen atoms in total. The Morgan fingerprint density at radius 3 is 2.53 bits per heavy atom. The van der Waals surface area contributed by atoms with Crippen LogP contribution in [0.25, 0.3) is 0 Å². The first kappa shape index (κ1) is 13.9. The molecule has 0 bridgehead atoms. The summed E-state index contributed by atoms with van der Waals surface area (Å²) >= 11 is 1.22. The molecule has 1 rings (SSSR count). The zero-order chi connectivity index (χ0) is 13.0. The first-order valence-corrected chi connectivity index (χ1v) is 6.49. The van der Waals surface area contributed by atoms with Crippen LogP contribution >= 0.6 is 11.5 Å². The number of nitrogens with one attached hydrogen (secondary N) is 1. The zero-order valence-electron chi connectivity index (χ0n) is 10.6. The van der Waals surface area contributed by atoms with Crippen molar-refractivity contribution >= 4 is 22.6 Å². The van der Waals surface area contributed by atoms with Crippen molar-refractivity contribution in [2.24, 2.45) is 11.8 Å². The van der Waals surface area contributed by atoms with Gasteiger partial charge in [0.05, 0.1) is 0 Å². The summed E-state index contributed by atoms with van der Waals surface area (Å²) in [5.41, 5.74) is 0. The molecule has 1 aromatic heterocycles. The molecule has 0 aliphatic heterocycles. The molecule has 0 fully saturated rings. The van der Waals surface area contributed by atoms with Gasteiger partial charge in [0.2, 0.25) is 5.13 Å². The molecule has 2 N–H and O–H groups in total. The number of carboxylic acids is 1. The molecule has 0 spiro atoms. The molecule has 0 aliphatic rings. The van der Waals surface area contributed by atoms with Gasteiger partial charge in [-0.15, -0.1) is 0 Å². The molecule has 96 valence electrons. The second-order valence-corrected chi connectivity index (χ2v) is 5.57. The second-order valence-electron chi connectivity index (χ2n) is 4.82. The number of aromatic nitrogens is 2. The SMILES string of the molecule is CC(C)Cc1nsc(N[C@@H](C(=O)O)C(C)C)n1. The van der Waals surface area contributed by atoms with E-state index in [2.05, 4.69) is 28.5 Å². The lowest BCUT2D eigenvalue weighted by Crippen LogP contribution is -2.34. The van der Waals surface area contributed by atoms with Crippen molar-refractivity contribution in [2.45, 2.75) is 40.2 Å². The third-order valence-corrected chi connectivity index (χ3v) is 2.95. The maximum absolute atomic E-state index is 11.0. The van der Waals surface area contributed by atoms with Crippen LogP contribution in [0.5, 0.6) is 0 Å². The summed E-state index contributed by atoms with van der Waals surface area (Å²) < 4.78 is 4.20. The molecular formula is C11H19N3O2S. The predicted octanol–water partition coefficient (Wildman–Crippen LogP) is 2.26. The largest absolute Gasteiger partial charge is 0.480 e. The summed E-state index contributed by atoms with van der Waals surface area (Å²) in [5, 5.41) is 12.6. The fraction of sp³-hybridized carbons (Fsp3) is 0.727. The van der Waals surface area contributed by atoms with Crippen LogP contribution < -0.4 is 5.32 Å². The van der Waals surface area contributed by atoms with E-state index in [9.17, 15) is 4.79 Å². The van der Waals surface area contributed by atoms with Gasteiger partial charge in [-0.25, -0.2) is 9.78 Å². The van der Waals surface area contributed by atoms with Gasteiger partial charge in [0.15, 0.2) is 0 Å². The third-order valence-electron chi connectivity index (χ3n) is 2.27. The van der Waals surface area contributed by atoms with Crippen LogP contribution in [0.3, 0.4) is 0 Å². The van der Waals surface area contributed by atoms with E-state index in [0.717, 1.165) is 12.2 Å². The lowest BCUT2D eigenvalue weighted by atomic mass is 10.1. The molecule has 0 unspecified atom stereocenters. The summed E-state index contributed by atoms with van der Waals surface area (Å²) in [6.07, 6.45) is 0.817. The van der Waals surface area contributed by atoms with Gasteiger partial charge >= 0.3 is 5.97 Å². The second kappa shape index (κ2) is 5.95. The smallest absolute Gasteiger partial charge is 0.326 e. The molecule has 1 aromatic rings. The maximum Gasteiger partial charge on any atom is 0.326 e. The Bertz CT molecular complexity index is 377. The Morgan fingerprint density at radius 1 is 1.41 bits per heavy atom. The van der Waals surface area contributed by atoms with Crippen LogP contribution in [0.4, 0.5) is 5.13 Å². The van der Waals surface area contributed by atoms with E-state index < -0.39 is 12.0 Å². The van der Waals surface area contributed by atoms with Gasteiger partial charge in [-0.1, -0.05) is 27.7 Å². The Morgan fingerprint density at radius 2 is 2.06 bits per heavy atom. The van der Waals surface area contributed by atoms with E-state index in [-0.39, 0.29) is 5.92 Å². The van der Waals surface area contributed by atoms with E-state index in [1.807, 2.05) is 13.8 Å². The fourth-order valence-electron chi connectivity index (χ4n) is 1.41. The van der Waals surface area contributed by atoms with Gasteiger partial charge in [-0.2, -0.15) is 4.37 Å². The molecule has 1 atom stereocenters. The van der Waals surface area contributed by atoms with Gasteiger partial charge in [-0.3, -0.25) is 0 Å². The monoisotopic (exact) mass is 257 g/mol. The number of carbonyl (C=O) groups is 1. The average Bonchev–Trinajstić information content (AvgIpc) is 2.59. The van der Waals surface area contributed by atoms with Gasteiger partial charge in [0.1, 0.15) is 11.9 Å². The number of hydrogen-bond donors (Lipinski definition) is 2.